The van der Waals surface area contributed by atoms with Crippen LogP contribution in [0.4, 0.5) is 0 Å². The van der Waals surface area contributed by atoms with Crippen LogP contribution in [0.5, 0.6) is 0 Å². The van der Waals surface area contributed by atoms with E-state index in [1.165, 1.54) is 12.1 Å². The van der Waals surface area contributed by atoms with Gasteiger partial charge in [0.25, 0.3) is 0 Å². The van der Waals surface area contributed by atoms with Crippen LogP contribution in [0, 0.1) is 0 Å². The van der Waals surface area contributed by atoms with Crippen molar-refractivity contribution in [1.29, 1.82) is 0 Å². The molecule has 0 aromatic heterocycles. The minimum Gasteiger partial charge on any atom is -0.545 e. The van der Waals surface area contributed by atoms with Gasteiger partial charge in [0.1, 0.15) is 0 Å². The predicted molar refractivity (Wildman–Crippen MR) is 79.0 cm³/mol. The minimum atomic E-state index is -1.26. The summed E-state index contributed by atoms with van der Waals surface area (Å²) in [5.74, 6) is -2.52. The number of benzene rings is 2. The minimum absolute atomic E-state index is 0. The van der Waals surface area contributed by atoms with Crippen LogP contribution in [-0.4, -0.2) is 49.7 Å². The molecule has 0 saturated carbocycles. The molecule has 0 atom stereocenters. The van der Waals surface area contributed by atoms with Crippen LogP contribution in [0.3, 0.4) is 0 Å². The fraction of sp³-hybridized carbons (Fsp3) is 0. The second-order valence-electron chi connectivity index (χ2n) is 3.73. The first-order chi connectivity index (χ1) is 9.59. The van der Waals surface area contributed by atoms with Crippen LogP contribution in [-0.2, 0) is 0 Å². The molecule has 0 saturated heterocycles. The first-order valence-electron chi connectivity index (χ1n) is 5.55. The van der Waals surface area contributed by atoms with Gasteiger partial charge in [0.15, 0.2) is 0 Å². The van der Waals surface area contributed by atoms with Crippen molar-refractivity contribution in [3.8, 4) is 0 Å². The van der Waals surface area contributed by atoms with Crippen molar-refractivity contribution in [2.24, 2.45) is 0 Å². The van der Waals surface area contributed by atoms with Gasteiger partial charge in [0.2, 0.25) is 0 Å². The zero-order valence-electron chi connectivity index (χ0n) is 10.8. The Morgan fingerprint density at radius 1 is 0.714 bits per heavy atom. The molecule has 0 aliphatic rings. The van der Waals surface area contributed by atoms with Crippen LogP contribution >= 0.6 is 21.6 Å². The van der Waals surface area contributed by atoms with Crippen molar-refractivity contribution < 1.29 is 19.8 Å². The van der Waals surface area contributed by atoms with E-state index in [4.69, 9.17) is 0 Å². The van der Waals surface area contributed by atoms with Crippen molar-refractivity contribution >= 4 is 71.3 Å². The third kappa shape index (κ3) is 4.93. The Morgan fingerprint density at radius 3 is 1.38 bits per heavy atom. The predicted octanol–water partition coefficient (Wildman–Crippen LogP) is 0.832. The van der Waals surface area contributed by atoms with Crippen molar-refractivity contribution in [2.45, 2.75) is 9.79 Å². The van der Waals surface area contributed by atoms with E-state index >= 15 is 0 Å². The first-order valence-corrected chi connectivity index (χ1v) is 7.70. The second-order valence-corrected chi connectivity index (χ2v) is 5.95. The number of hydrogen-bond donors (Lipinski definition) is 0. The molecular weight excluding hydrogens is 336 g/mol. The van der Waals surface area contributed by atoms with E-state index in [0.717, 1.165) is 21.6 Å². The van der Waals surface area contributed by atoms with Gasteiger partial charge in [-0.15, -0.1) is 0 Å². The largest absolute Gasteiger partial charge is 2.00 e. The molecule has 0 N–H and O–H groups in total. The number of hydrogen-bond acceptors (Lipinski definition) is 6. The third-order valence-corrected chi connectivity index (χ3v) is 4.92. The van der Waals surface area contributed by atoms with Gasteiger partial charge in [-0.25, -0.2) is 0 Å². The molecule has 0 unspecified atom stereocenters. The summed E-state index contributed by atoms with van der Waals surface area (Å²) in [4.78, 5) is 23.0. The van der Waals surface area contributed by atoms with Crippen molar-refractivity contribution in [2.75, 3.05) is 0 Å². The standard InChI is InChI=1S/C14H10O4S2.Ca/c15-13(16)9-5-1-3-7-11(9)19-20-12-8-4-2-6-10(12)14(17)18;/h1-8H,(H,15,16)(H,17,18);/q;+2/p-2. The van der Waals surface area contributed by atoms with Crippen LogP contribution in [0.15, 0.2) is 58.3 Å². The number of carboxylic acid groups (broad SMARTS) is 2. The van der Waals surface area contributed by atoms with Crippen molar-refractivity contribution in [3.05, 3.63) is 59.7 Å². The van der Waals surface area contributed by atoms with Gasteiger partial charge < -0.3 is 19.8 Å². The number of aromatic carboxylic acids is 2. The summed E-state index contributed by atoms with van der Waals surface area (Å²) < 4.78 is 0. The molecule has 0 aliphatic carbocycles. The summed E-state index contributed by atoms with van der Waals surface area (Å²) in [5, 5.41) is 21.9. The maximum Gasteiger partial charge on any atom is 2.00 e. The van der Waals surface area contributed by atoms with Crippen LogP contribution in [0.25, 0.3) is 0 Å². The molecule has 7 heteroatoms. The molecule has 21 heavy (non-hydrogen) atoms. The van der Waals surface area contributed by atoms with Crippen molar-refractivity contribution in [1.82, 2.24) is 0 Å². The molecule has 4 nitrogen and oxygen atoms in total. The Kier molecular flexibility index (Phi) is 7.62. The molecule has 0 aliphatic heterocycles. The van der Waals surface area contributed by atoms with E-state index in [1.807, 2.05) is 0 Å². The van der Waals surface area contributed by atoms with Gasteiger partial charge in [-0.2, -0.15) is 0 Å². The fourth-order valence-corrected chi connectivity index (χ4v) is 3.85. The molecule has 2 rings (SSSR count). The molecule has 0 bridgehead atoms. The topological polar surface area (TPSA) is 80.3 Å². The van der Waals surface area contributed by atoms with Gasteiger partial charge in [0, 0.05) is 20.9 Å². The summed E-state index contributed by atoms with van der Waals surface area (Å²) in [5.41, 5.74) is 0.159. The zero-order valence-corrected chi connectivity index (χ0v) is 14.6. The van der Waals surface area contributed by atoms with E-state index < -0.39 is 11.9 Å². The van der Waals surface area contributed by atoms with E-state index in [2.05, 4.69) is 0 Å². The summed E-state index contributed by atoms with van der Waals surface area (Å²) in [6.07, 6.45) is 0. The summed E-state index contributed by atoms with van der Waals surface area (Å²) in [6, 6.07) is 12.8. The number of carbonyl (C=O) groups excluding carboxylic acids is 2. The molecule has 0 amide bonds. The molecular formula is C14H8CaO4S2. The molecule has 0 fully saturated rings. The third-order valence-electron chi connectivity index (χ3n) is 2.44. The Balaban J connectivity index is 0.00000220. The summed E-state index contributed by atoms with van der Waals surface area (Å²) in [6.45, 7) is 0. The maximum atomic E-state index is 11.0. The fourth-order valence-electron chi connectivity index (χ4n) is 1.51. The van der Waals surface area contributed by atoms with Crippen LogP contribution in [0.2, 0.25) is 0 Å². The molecule has 0 radical (unpaired) electrons. The smallest absolute Gasteiger partial charge is 0.545 e. The van der Waals surface area contributed by atoms with Crippen molar-refractivity contribution in [3.63, 3.8) is 0 Å². The van der Waals surface area contributed by atoms with Crippen LogP contribution in [0.1, 0.15) is 20.7 Å². The average Bonchev–Trinajstić information content (AvgIpc) is 2.45. The Labute approximate surface area is 159 Å². The van der Waals surface area contributed by atoms with Gasteiger partial charge in [-0.1, -0.05) is 58.0 Å². The van der Waals surface area contributed by atoms with Gasteiger partial charge >= 0.3 is 37.7 Å². The Bertz CT molecular complexity index is 603. The molecule has 0 heterocycles. The Hall–Kier alpha value is -0.660. The van der Waals surface area contributed by atoms with E-state index in [1.54, 1.807) is 36.4 Å². The molecule has 2 aromatic rings. The molecule has 102 valence electrons. The van der Waals surface area contributed by atoms with Gasteiger partial charge in [-0.05, 0) is 12.1 Å². The zero-order chi connectivity index (χ0) is 14.5. The average molecular weight is 344 g/mol. The Morgan fingerprint density at radius 2 is 1.05 bits per heavy atom. The number of carboxylic acids is 2. The normalized spacial score (nSPS) is 9.71. The van der Waals surface area contributed by atoms with E-state index in [9.17, 15) is 19.8 Å². The summed E-state index contributed by atoms with van der Waals surface area (Å²) >= 11 is 0. The first kappa shape index (κ1) is 18.4. The SMILES string of the molecule is O=C([O-])c1ccccc1SSc1ccccc1C(=O)[O-].[Ca+2]. The molecule has 2 aromatic carbocycles. The quantitative estimate of drug-likeness (QED) is 0.590. The van der Waals surface area contributed by atoms with Gasteiger partial charge in [0.05, 0.1) is 11.9 Å². The maximum absolute atomic E-state index is 11.0. The summed E-state index contributed by atoms with van der Waals surface area (Å²) in [7, 11) is 2.33. The van der Waals surface area contributed by atoms with E-state index in [-0.39, 0.29) is 48.9 Å². The number of carbonyl (C=O) groups is 2. The van der Waals surface area contributed by atoms with Crippen LogP contribution < -0.4 is 10.2 Å². The van der Waals surface area contributed by atoms with E-state index in [0.29, 0.717) is 9.79 Å². The number of rotatable bonds is 5. The second kappa shape index (κ2) is 8.70. The van der Waals surface area contributed by atoms with Gasteiger partial charge in [-0.3, -0.25) is 0 Å². The molecule has 0 spiro atoms. The monoisotopic (exact) mass is 344 g/mol.